The van der Waals surface area contributed by atoms with Crippen LogP contribution in [0.5, 0.6) is 0 Å². The number of aromatic amines is 1. The molecule has 4 amide bonds. The van der Waals surface area contributed by atoms with Gasteiger partial charge in [0, 0.05) is 29.8 Å². The highest BCUT2D eigenvalue weighted by atomic mass is 16.2. The smallest absolute Gasteiger partial charge is 0.324 e. The van der Waals surface area contributed by atoms with E-state index in [9.17, 15) is 14.4 Å². The van der Waals surface area contributed by atoms with Crippen LogP contribution in [0.2, 0.25) is 0 Å². The second-order valence-electron chi connectivity index (χ2n) is 9.54. The van der Waals surface area contributed by atoms with Crippen molar-refractivity contribution in [2.24, 2.45) is 5.92 Å². The van der Waals surface area contributed by atoms with Crippen LogP contribution in [-0.4, -0.2) is 54.9 Å². The molecule has 3 N–H and O–H groups in total. The van der Waals surface area contributed by atoms with Crippen LogP contribution in [0.3, 0.4) is 0 Å². The molecule has 3 aromatic heterocycles. The highest BCUT2D eigenvalue weighted by Gasteiger charge is 2.39. The van der Waals surface area contributed by atoms with Crippen molar-refractivity contribution in [2.75, 3.05) is 6.54 Å². The van der Waals surface area contributed by atoms with Gasteiger partial charge in [-0.25, -0.2) is 4.79 Å². The minimum Gasteiger partial charge on any atom is -0.361 e. The summed E-state index contributed by atoms with van der Waals surface area (Å²) in [5.74, 6) is 0.211. The topological polar surface area (TPSA) is 124 Å². The Morgan fingerprint density at radius 3 is 2.75 bits per heavy atom. The van der Waals surface area contributed by atoms with Crippen LogP contribution >= 0.6 is 0 Å². The van der Waals surface area contributed by atoms with Crippen LogP contribution < -0.4 is 10.6 Å². The Morgan fingerprint density at radius 1 is 1.11 bits per heavy atom. The van der Waals surface area contributed by atoms with Crippen LogP contribution in [0.4, 0.5) is 4.79 Å². The fraction of sp³-hybridized carbons (Fsp3) is 0.346. The molecule has 10 heteroatoms. The van der Waals surface area contributed by atoms with Gasteiger partial charge in [-0.05, 0) is 42.5 Å². The molecule has 1 saturated heterocycles. The summed E-state index contributed by atoms with van der Waals surface area (Å²) in [7, 11) is 0. The average Bonchev–Trinajstić information content (AvgIpc) is 3.53. The van der Waals surface area contributed by atoms with Crippen molar-refractivity contribution in [1.29, 1.82) is 0 Å². The van der Waals surface area contributed by atoms with Crippen molar-refractivity contribution < 1.29 is 14.4 Å². The zero-order valence-corrected chi connectivity index (χ0v) is 20.3. The maximum absolute atomic E-state index is 13.0. The van der Waals surface area contributed by atoms with Crippen molar-refractivity contribution in [2.45, 2.75) is 45.2 Å². The summed E-state index contributed by atoms with van der Waals surface area (Å²) >= 11 is 0. The zero-order valence-electron chi connectivity index (χ0n) is 20.3. The summed E-state index contributed by atoms with van der Waals surface area (Å²) in [6, 6.07) is 11.8. The molecule has 0 aliphatic carbocycles. The van der Waals surface area contributed by atoms with Crippen LogP contribution in [0.25, 0.3) is 16.6 Å². The number of H-pyrrole nitrogens is 1. The molecule has 5 rings (SSSR count). The lowest BCUT2D eigenvalue weighted by Crippen LogP contribution is -2.38. The van der Waals surface area contributed by atoms with E-state index in [2.05, 4.69) is 39.7 Å². The number of para-hydroxylation sites is 1. The number of nitrogens with one attached hydrogen (secondary N) is 3. The van der Waals surface area contributed by atoms with Crippen LogP contribution in [-0.2, 0) is 16.0 Å². The largest absolute Gasteiger partial charge is 0.361 e. The monoisotopic (exact) mass is 487 g/mol. The minimum absolute atomic E-state index is 0.139. The highest BCUT2D eigenvalue weighted by Crippen LogP contribution is 2.22. The number of rotatable bonds is 9. The van der Waals surface area contributed by atoms with E-state index in [1.165, 1.54) is 4.90 Å². The number of fused-ring (bicyclic) bond motifs is 2. The van der Waals surface area contributed by atoms with Crippen LogP contribution in [0.15, 0.2) is 54.9 Å². The maximum atomic E-state index is 13.0. The Labute approximate surface area is 208 Å². The third-order valence-electron chi connectivity index (χ3n) is 6.47. The van der Waals surface area contributed by atoms with Crippen molar-refractivity contribution in [1.82, 2.24) is 35.1 Å². The molecule has 36 heavy (non-hydrogen) atoms. The number of amides is 4. The summed E-state index contributed by atoms with van der Waals surface area (Å²) in [4.78, 5) is 42.9. The van der Waals surface area contributed by atoms with E-state index in [-0.39, 0.29) is 30.8 Å². The molecule has 0 spiro atoms. The first-order valence-corrected chi connectivity index (χ1v) is 12.2. The molecule has 4 aromatic rings. The van der Waals surface area contributed by atoms with Crippen molar-refractivity contribution in [3.63, 3.8) is 0 Å². The molecule has 4 heterocycles. The quantitative estimate of drug-likeness (QED) is 0.313. The number of imide groups is 1. The average molecular weight is 488 g/mol. The number of carbonyl (C=O) groups excluding carboxylic acids is 3. The van der Waals surface area contributed by atoms with Crippen molar-refractivity contribution >= 4 is 34.4 Å². The second kappa shape index (κ2) is 9.80. The summed E-state index contributed by atoms with van der Waals surface area (Å²) in [5, 5.41) is 15.2. The van der Waals surface area contributed by atoms with E-state index in [1.807, 2.05) is 59.3 Å². The number of hydrogen-bond acceptors (Lipinski definition) is 5. The van der Waals surface area contributed by atoms with Crippen LogP contribution in [0, 0.1) is 5.92 Å². The Balaban J connectivity index is 1.23. The van der Waals surface area contributed by atoms with Gasteiger partial charge in [0.2, 0.25) is 5.91 Å². The first-order chi connectivity index (χ1) is 17.4. The van der Waals surface area contributed by atoms with Gasteiger partial charge in [0.25, 0.3) is 5.91 Å². The molecule has 0 saturated carbocycles. The molecular weight excluding hydrogens is 458 g/mol. The van der Waals surface area contributed by atoms with Gasteiger partial charge in [-0.15, -0.1) is 10.2 Å². The van der Waals surface area contributed by atoms with E-state index in [4.69, 9.17) is 0 Å². The molecule has 2 atom stereocenters. The van der Waals surface area contributed by atoms with Gasteiger partial charge in [0.05, 0.1) is 12.5 Å². The Kier molecular flexibility index (Phi) is 6.41. The Bertz CT molecular complexity index is 1420. The first-order valence-electron chi connectivity index (χ1n) is 12.2. The predicted octanol–water partition coefficient (Wildman–Crippen LogP) is 2.97. The number of pyridine rings is 1. The lowest BCUT2D eigenvalue weighted by atomic mass is 10.0. The Morgan fingerprint density at radius 2 is 1.92 bits per heavy atom. The predicted molar refractivity (Wildman–Crippen MR) is 134 cm³/mol. The summed E-state index contributed by atoms with van der Waals surface area (Å²) in [6.45, 7) is 4.37. The SMILES string of the molecule is CC(C)C[C@H](NC(=O)CC1NC(=O)N(CCc2c[nH]c3ccccc23)C1=O)c1nnc2ccccn12. The summed E-state index contributed by atoms with van der Waals surface area (Å²) < 4.78 is 1.85. The number of nitrogens with zero attached hydrogens (tertiary/aromatic N) is 4. The molecule has 1 aliphatic heterocycles. The van der Waals surface area contributed by atoms with Crippen molar-refractivity contribution in [3.05, 3.63) is 66.2 Å². The van der Waals surface area contributed by atoms with Gasteiger partial charge in [0.1, 0.15) is 6.04 Å². The molecule has 0 radical (unpaired) electrons. The number of aromatic nitrogens is 4. The number of urea groups is 1. The van der Waals surface area contributed by atoms with E-state index in [0.717, 1.165) is 16.5 Å². The van der Waals surface area contributed by atoms with Gasteiger partial charge in [-0.3, -0.25) is 18.9 Å². The standard InChI is InChI=1S/C26H29N7O3/c1-16(2)13-20(24-31-30-22-9-5-6-11-32(22)24)28-23(34)14-21-25(35)33(26(36)29-21)12-10-17-15-27-19-8-4-3-7-18(17)19/h3-9,11,15-16,20-21,27H,10,12-14H2,1-2H3,(H,28,34)(H,29,36)/t20-,21?/m0/s1. The third kappa shape index (κ3) is 4.66. The Hall–Kier alpha value is -4.21. The fourth-order valence-electron chi connectivity index (χ4n) is 4.73. The summed E-state index contributed by atoms with van der Waals surface area (Å²) in [6.07, 6.45) is 4.80. The first kappa shape index (κ1) is 23.5. The molecule has 0 bridgehead atoms. The van der Waals surface area contributed by atoms with Gasteiger partial charge in [0.15, 0.2) is 11.5 Å². The molecule has 186 valence electrons. The molecule has 10 nitrogen and oxygen atoms in total. The zero-order chi connectivity index (χ0) is 25.2. The normalized spacial score (nSPS) is 16.8. The molecular formula is C26H29N7O3. The maximum Gasteiger partial charge on any atom is 0.324 e. The van der Waals surface area contributed by atoms with Gasteiger partial charge in [-0.1, -0.05) is 38.1 Å². The van der Waals surface area contributed by atoms with Gasteiger partial charge < -0.3 is 15.6 Å². The van der Waals surface area contributed by atoms with E-state index in [1.54, 1.807) is 0 Å². The third-order valence-corrected chi connectivity index (χ3v) is 6.47. The van der Waals surface area contributed by atoms with Gasteiger partial charge >= 0.3 is 6.03 Å². The second-order valence-corrected chi connectivity index (χ2v) is 9.54. The summed E-state index contributed by atoms with van der Waals surface area (Å²) in [5.41, 5.74) is 2.74. The van der Waals surface area contributed by atoms with E-state index >= 15 is 0 Å². The number of benzene rings is 1. The van der Waals surface area contributed by atoms with E-state index < -0.39 is 12.1 Å². The molecule has 1 fully saturated rings. The minimum atomic E-state index is -0.893. The van der Waals surface area contributed by atoms with Crippen LogP contribution in [0.1, 0.15) is 44.1 Å². The van der Waals surface area contributed by atoms with Crippen molar-refractivity contribution in [3.8, 4) is 0 Å². The molecule has 1 aliphatic rings. The lowest BCUT2D eigenvalue weighted by molar-refractivity contribution is -0.131. The number of carbonyl (C=O) groups is 3. The fourth-order valence-corrected chi connectivity index (χ4v) is 4.73. The molecule has 1 unspecified atom stereocenters. The van der Waals surface area contributed by atoms with Gasteiger partial charge in [-0.2, -0.15) is 0 Å². The number of hydrogen-bond donors (Lipinski definition) is 3. The van der Waals surface area contributed by atoms with E-state index in [0.29, 0.717) is 30.2 Å². The highest BCUT2D eigenvalue weighted by molar-refractivity contribution is 6.05. The molecule has 1 aromatic carbocycles. The lowest BCUT2D eigenvalue weighted by Gasteiger charge is -2.20.